The van der Waals surface area contributed by atoms with Crippen LogP contribution in [0.3, 0.4) is 0 Å². The molecule has 44 heavy (non-hydrogen) atoms. The number of anilines is 1. The van der Waals surface area contributed by atoms with Crippen molar-refractivity contribution in [1.29, 1.82) is 0 Å². The molecule has 0 fully saturated rings. The van der Waals surface area contributed by atoms with Crippen LogP contribution in [-0.2, 0) is 10.1 Å². The largest absolute Gasteiger partial charge is 0.506 e. The number of benzene rings is 5. The van der Waals surface area contributed by atoms with Gasteiger partial charge in [-0.05, 0) is 86.3 Å². The molecule has 5 rings (SSSR count). The van der Waals surface area contributed by atoms with Gasteiger partial charge in [0.25, 0.3) is 10.1 Å². The van der Waals surface area contributed by atoms with Crippen molar-refractivity contribution in [3.05, 3.63) is 113 Å². The van der Waals surface area contributed by atoms with Gasteiger partial charge in [-0.1, -0.05) is 47.5 Å². The van der Waals surface area contributed by atoms with Gasteiger partial charge in [0.1, 0.15) is 16.3 Å². The summed E-state index contributed by atoms with van der Waals surface area (Å²) < 4.78 is 31.6. The third-order valence-electron chi connectivity index (χ3n) is 6.43. The van der Waals surface area contributed by atoms with Crippen molar-refractivity contribution in [3.8, 4) is 5.75 Å². The standard InChI is InChI=1S/C18H14N2O3.C14H15N3O3S/c1-11-2-6-14(7-3-11)19-20-17-15-8-4-13(18(22)23)10-12(15)5-9-16(17)21;1-9-3-5-11(6-4-9)16-17-13-8-14(21(18,19)20)12(15)7-10(13)2/h2-10,21H,1H3,(H,22,23);3-8H,15H2,1-2H3,(H,18,19,20). The summed E-state index contributed by atoms with van der Waals surface area (Å²) in [5.41, 5.74) is 10.6. The van der Waals surface area contributed by atoms with E-state index < -0.39 is 16.1 Å². The molecule has 0 saturated carbocycles. The molecule has 0 bridgehead atoms. The minimum absolute atomic E-state index is 0.00330. The van der Waals surface area contributed by atoms with Crippen LogP contribution in [0.2, 0.25) is 0 Å². The lowest BCUT2D eigenvalue weighted by Gasteiger charge is -2.06. The summed E-state index contributed by atoms with van der Waals surface area (Å²) in [5, 5.41) is 36.7. The van der Waals surface area contributed by atoms with E-state index in [0.29, 0.717) is 39.1 Å². The minimum atomic E-state index is -4.39. The van der Waals surface area contributed by atoms with Crippen molar-refractivity contribution in [3.63, 3.8) is 0 Å². The van der Waals surface area contributed by atoms with Crippen molar-refractivity contribution < 1.29 is 28.0 Å². The SMILES string of the molecule is Cc1ccc(N=Nc2c(O)ccc3cc(C(=O)O)ccc23)cc1.Cc1ccc(N=Nc2cc(S(=O)(=O)O)c(N)cc2C)cc1. The van der Waals surface area contributed by atoms with Gasteiger partial charge in [0.15, 0.2) is 0 Å². The Morgan fingerprint density at radius 1 is 0.727 bits per heavy atom. The van der Waals surface area contributed by atoms with Gasteiger partial charge in [0.05, 0.1) is 28.3 Å². The zero-order valence-electron chi connectivity index (χ0n) is 24.0. The molecule has 11 nitrogen and oxygen atoms in total. The Hall–Kier alpha value is -5.46. The Kier molecular flexibility index (Phi) is 9.47. The molecule has 0 radical (unpaired) electrons. The molecule has 12 heteroatoms. The van der Waals surface area contributed by atoms with Crippen molar-refractivity contribution in [1.82, 2.24) is 0 Å². The van der Waals surface area contributed by atoms with Crippen LogP contribution in [0.25, 0.3) is 10.8 Å². The molecule has 0 aliphatic carbocycles. The Morgan fingerprint density at radius 3 is 1.84 bits per heavy atom. The maximum Gasteiger partial charge on any atom is 0.335 e. The molecule has 5 aromatic carbocycles. The molecule has 224 valence electrons. The summed E-state index contributed by atoms with van der Waals surface area (Å²) in [7, 11) is -4.39. The van der Waals surface area contributed by atoms with Gasteiger partial charge in [-0.3, -0.25) is 4.55 Å². The number of hydrogen-bond acceptors (Lipinski definition) is 9. The maximum absolute atomic E-state index is 11.2. The van der Waals surface area contributed by atoms with Crippen molar-refractivity contribution in [2.75, 3.05) is 5.73 Å². The Labute approximate surface area is 253 Å². The maximum atomic E-state index is 11.2. The predicted octanol–water partition coefficient (Wildman–Crippen LogP) is 8.52. The molecule has 5 aromatic rings. The van der Waals surface area contributed by atoms with Crippen molar-refractivity contribution in [2.45, 2.75) is 25.7 Å². The number of aromatic hydroxyl groups is 1. The monoisotopic (exact) mass is 611 g/mol. The summed E-state index contributed by atoms with van der Waals surface area (Å²) in [6.07, 6.45) is 0. The van der Waals surface area contributed by atoms with Gasteiger partial charge in [-0.25, -0.2) is 4.79 Å². The molecular formula is C32H29N5O6S. The number of aryl methyl sites for hydroxylation is 3. The number of nitrogen functional groups attached to an aromatic ring is 1. The second-order valence-electron chi connectivity index (χ2n) is 9.90. The summed E-state index contributed by atoms with van der Waals surface area (Å²) in [6, 6.07) is 25.4. The molecule has 0 amide bonds. The molecule has 0 atom stereocenters. The van der Waals surface area contributed by atoms with E-state index >= 15 is 0 Å². The number of carboxylic acid groups (broad SMARTS) is 1. The van der Waals surface area contributed by atoms with Crippen LogP contribution in [-0.4, -0.2) is 29.2 Å². The summed E-state index contributed by atoms with van der Waals surface area (Å²) in [5.74, 6) is -1.00. The first-order valence-corrected chi connectivity index (χ1v) is 14.6. The Balaban J connectivity index is 0.000000202. The van der Waals surface area contributed by atoms with Crippen LogP contribution in [0.4, 0.5) is 28.4 Å². The number of nitrogens with two attached hydrogens (primary N) is 1. The third kappa shape index (κ3) is 7.88. The van der Waals surface area contributed by atoms with E-state index in [9.17, 15) is 18.3 Å². The number of phenolic OH excluding ortho intramolecular Hbond substituents is 1. The fourth-order valence-electron chi connectivity index (χ4n) is 4.01. The van der Waals surface area contributed by atoms with Gasteiger partial charge in [-0.2, -0.15) is 23.8 Å². The van der Waals surface area contributed by atoms with E-state index in [-0.39, 0.29) is 21.9 Å². The lowest BCUT2D eigenvalue weighted by atomic mass is 10.1. The second kappa shape index (κ2) is 13.2. The second-order valence-corrected chi connectivity index (χ2v) is 11.3. The summed E-state index contributed by atoms with van der Waals surface area (Å²) in [4.78, 5) is 10.7. The molecule has 0 unspecified atom stereocenters. The van der Waals surface area contributed by atoms with E-state index in [1.54, 1.807) is 37.3 Å². The van der Waals surface area contributed by atoms with Crippen molar-refractivity contribution >= 4 is 55.3 Å². The number of azo groups is 2. The number of fused-ring (bicyclic) bond motifs is 1. The zero-order chi connectivity index (χ0) is 32.0. The first kappa shape index (κ1) is 31.5. The average molecular weight is 612 g/mol. The number of carboxylic acids is 1. The first-order valence-electron chi connectivity index (χ1n) is 13.2. The molecule has 0 aliphatic heterocycles. The number of rotatable bonds is 6. The smallest absolute Gasteiger partial charge is 0.335 e. The van der Waals surface area contributed by atoms with E-state index in [4.69, 9.17) is 15.4 Å². The molecule has 0 spiro atoms. The van der Waals surface area contributed by atoms with Crippen molar-refractivity contribution in [2.24, 2.45) is 20.5 Å². The van der Waals surface area contributed by atoms with Crippen LogP contribution in [0.1, 0.15) is 27.0 Å². The average Bonchev–Trinajstić information content (AvgIpc) is 2.97. The fourth-order valence-corrected chi connectivity index (χ4v) is 4.63. The van der Waals surface area contributed by atoms with E-state index in [0.717, 1.165) is 11.1 Å². The summed E-state index contributed by atoms with van der Waals surface area (Å²) >= 11 is 0. The highest BCUT2D eigenvalue weighted by Gasteiger charge is 2.16. The fraction of sp³-hybridized carbons (Fsp3) is 0.0938. The zero-order valence-corrected chi connectivity index (χ0v) is 24.8. The summed E-state index contributed by atoms with van der Waals surface area (Å²) in [6.45, 7) is 5.68. The van der Waals surface area contributed by atoms with Crippen LogP contribution >= 0.6 is 0 Å². The lowest BCUT2D eigenvalue weighted by Crippen LogP contribution is -2.03. The molecule has 5 N–H and O–H groups in total. The van der Waals surface area contributed by atoms with Crippen LogP contribution in [0.5, 0.6) is 5.75 Å². The molecular weight excluding hydrogens is 582 g/mol. The normalized spacial score (nSPS) is 11.5. The lowest BCUT2D eigenvalue weighted by molar-refractivity contribution is 0.0697. The van der Waals surface area contributed by atoms with E-state index in [1.165, 1.54) is 24.3 Å². The highest BCUT2D eigenvalue weighted by Crippen LogP contribution is 2.36. The number of phenols is 1. The highest BCUT2D eigenvalue weighted by molar-refractivity contribution is 7.86. The van der Waals surface area contributed by atoms with E-state index in [2.05, 4.69) is 20.5 Å². The molecule has 0 heterocycles. The van der Waals surface area contributed by atoms with Crippen LogP contribution in [0.15, 0.2) is 116 Å². The third-order valence-corrected chi connectivity index (χ3v) is 7.34. The van der Waals surface area contributed by atoms with Gasteiger partial charge >= 0.3 is 5.97 Å². The number of nitrogens with zero attached hydrogens (tertiary/aromatic N) is 4. The Bertz CT molecular complexity index is 2010. The highest BCUT2D eigenvalue weighted by atomic mass is 32.2. The van der Waals surface area contributed by atoms with Gasteiger partial charge in [-0.15, -0.1) is 5.11 Å². The topological polar surface area (TPSA) is 187 Å². The Morgan fingerprint density at radius 2 is 1.30 bits per heavy atom. The van der Waals surface area contributed by atoms with Crippen LogP contribution in [0, 0.1) is 20.8 Å². The first-order chi connectivity index (χ1) is 20.8. The minimum Gasteiger partial charge on any atom is -0.506 e. The molecule has 0 aliphatic rings. The van der Waals surface area contributed by atoms with Gasteiger partial charge < -0.3 is 15.9 Å². The number of aromatic carboxylic acids is 1. The van der Waals surface area contributed by atoms with Crippen LogP contribution < -0.4 is 5.73 Å². The number of hydrogen-bond donors (Lipinski definition) is 4. The van der Waals surface area contributed by atoms with Gasteiger partial charge in [0, 0.05) is 5.39 Å². The molecule has 0 aromatic heterocycles. The van der Waals surface area contributed by atoms with E-state index in [1.807, 2.05) is 50.2 Å². The quantitative estimate of drug-likeness (QED) is 0.0840. The molecule has 0 saturated heterocycles. The number of carbonyl (C=O) groups is 1. The predicted molar refractivity (Wildman–Crippen MR) is 169 cm³/mol. The van der Waals surface area contributed by atoms with Gasteiger partial charge in [0.2, 0.25) is 0 Å².